The molecule has 2 rings (SSSR count). The van der Waals surface area contributed by atoms with E-state index in [0.29, 0.717) is 12.4 Å². The van der Waals surface area contributed by atoms with Crippen molar-refractivity contribution in [2.24, 2.45) is 0 Å². The molecule has 0 unspecified atom stereocenters. The number of nitrogen functional groups attached to an aromatic ring is 1. The quantitative estimate of drug-likeness (QED) is 0.853. The zero-order valence-electron chi connectivity index (χ0n) is 11.1. The van der Waals surface area contributed by atoms with E-state index in [1.54, 1.807) is 18.7 Å². The molecule has 0 bridgehead atoms. The molecule has 2 N–H and O–H groups in total. The molecule has 0 saturated heterocycles. The predicted octanol–water partition coefficient (Wildman–Crippen LogP) is 3.04. The lowest BCUT2D eigenvalue weighted by Gasteiger charge is -2.09. The van der Waals surface area contributed by atoms with Crippen LogP contribution in [0.1, 0.15) is 18.2 Å². The summed E-state index contributed by atoms with van der Waals surface area (Å²) in [5.41, 5.74) is 9.80. The number of anilines is 1. The van der Waals surface area contributed by atoms with Gasteiger partial charge in [-0.15, -0.1) is 0 Å². The van der Waals surface area contributed by atoms with Crippen molar-refractivity contribution in [1.82, 2.24) is 9.97 Å². The van der Waals surface area contributed by atoms with Crippen LogP contribution in [0.25, 0.3) is 17.2 Å². The molecule has 2 aromatic rings. The monoisotopic (exact) mass is 255 g/mol. The lowest BCUT2D eigenvalue weighted by atomic mass is 10.0. The normalized spacial score (nSPS) is 10.8. The molecule has 4 heteroatoms. The van der Waals surface area contributed by atoms with Gasteiger partial charge in [0, 0.05) is 29.2 Å². The summed E-state index contributed by atoms with van der Waals surface area (Å²) in [6.07, 6.45) is 7.00. The fourth-order valence-electron chi connectivity index (χ4n) is 1.81. The summed E-state index contributed by atoms with van der Waals surface area (Å²) in [6, 6.07) is 5.93. The smallest absolute Gasteiger partial charge is 0.131 e. The number of ether oxygens (including phenoxy) is 1. The first-order valence-electron chi connectivity index (χ1n) is 6.18. The van der Waals surface area contributed by atoms with Crippen LogP contribution in [0, 0.1) is 6.92 Å². The van der Waals surface area contributed by atoms with E-state index in [-0.39, 0.29) is 0 Å². The van der Waals surface area contributed by atoms with Gasteiger partial charge in [-0.1, -0.05) is 0 Å². The predicted molar refractivity (Wildman–Crippen MR) is 77.3 cm³/mol. The largest absolute Gasteiger partial charge is 0.501 e. The van der Waals surface area contributed by atoms with E-state index in [2.05, 4.69) is 9.97 Å². The number of rotatable bonds is 4. The second kappa shape index (κ2) is 6.00. The lowest BCUT2D eigenvalue weighted by molar-refractivity contribution is 0.272. The average molecular weight is 255 g/mol. The van der Waals surface area contributed by atoms with Crippen LogP contribution in [-0.2, 0) is 4.74 Å². The highest BCUT2D eigenvalue weighted by Gasteiger charge is 2.07. The summed E-state index contributed by atoms with van der Waals surface area (Å²) in [4.78, 5) is 8.40. The van der Waals surface area contributed by atoms with Crippen LogP contribution in [0.15, 0.2) is 36.9 Å². The SMILES string of the molecule is CCO/C=C/c1cc(-c2ccncc2)c(C)nc1N. The highest BCUT2D eigenvalue weighted by molar-refractivity contribution is 5.73. The molecule has 0 atom stereocenters. The molecule has 0 aliphatic rings. The Bertz CT molecular complexity index is 579. The Balaban J connectivity index is 2.42. The molecular formula is C15H17N3O. The van der Waals surface area contributed by atoms with Crippen LogP contribution in [-0.4, -0.2) is 16.6 Å². The molecule has 0 saturated carbocycles. The van der Waals surface area contributed by atoms with Gasteiger partial charge in [-0.2, -0.15) is 0 Å². The zero-order chi connectivity index (χ0) is 13.7. The van der Waals surface area contributed by atoms with E-state index in [1.165, 1.54) is 0 Å². The van der Waals surface area contributed by atoms with Crippen molar-refractivity contribution in [3.63, 3.8) is 0 Å². The van der Waals surface area contributed by atoms with Gasteiger partial charge in [-0.3, -0.25) is 4.98 Å². The third-order valence-electron chi connectivity index (χ3n) is 2.78. The maximum Gasteiger partial charge on any atom is 0.131 e. The number of nitrogens with two attached hydrogens (primary N) is 1. The van der Waals surface area contributed by atoms with Crippen molar-refractivity contribution >= 4 is 11.9 Å². The van der Waals surface area contributed by atoms with Crippen LogP contribution < -0.4 is 5.73 Å². The summed E-state index contributed by atoms with van der Waals surface area (Å²) >= 11 is 0. The molecule has 98 valence electrons. The summed E-state index contributed by atoms with van der Waals surface area (Å²) < 4.78 is 5.19. The summed E-state index contributed by atoms with van der Waals surface area (Å²) in [5.74, 6) is 0.506. The van der Waals surface area contributed by atoms with Gasteiger partial charge in [0.25, 0.3) is 0 Å². The highest BCUT2D eigenvalue weighted by Crippen LogP contribution is 2.25. The van der Waals surface area contributed by atoms with Crippen molar-refractivity contribution in [2.75, 3.05) is 12.3 Å². The van der Waals surface area contributed by atoms with Gasteiger partial charge in [-0.25, -0.2) is 4.98 Å². The van der Waals surface area contributed by atoms with Crippen LogP contribution in [0.5, 0.6) is 0 Å². The van der Waals surface area contributed by atoms with E-state index in [9.17, 15) is 0 Å². The third-order valence-corrected chi connectivity index (χ3v) is 2.78. The first-order chi connectivity index (χ1) is 9.22. The average Bonchev–Trinajstić information content (AvgIpc) is 2.42. The fourth-order valence-corrected chi connectivity index (χ4v) is 1.81. The van der Waals surface area contributed by atoms with E-state index in [0.717, 1.165) is 22.4 Å². The van der Waals surface area contributed by atoms with Crippen molar-refractivity contribution < 1.29 is 4.74 Å². The van der Waals surface area contributed by atoms with Gasteiger partial charge in [0.15, 0.2) is 0 Å². The van der Waals surface area contributed by atoms with E-state index in [4.69, 9.17) is 10.5 Å². The van der Waals surface area contributed by atoms with Gasteiger partial charge >= 0.3 is 0 Å². The minimum absolute atomic E-state index is 0.506. The summed E-state index contributed by atoms with van der Waals surface area (Å²) in [7, 11) is 0. The Morgan fingerprint density at radius 2 is 2.05 bits per heavy atom. The number of pyridine rings is 2. The molecule has 0 amide bonds. The van der Waals surface area contributed by atoms with Crippen molar-refractivity contribution in [1.29, 1.82) is 0 Å². The Morgan fingerprint density at radius 1 is 1.32 bits per heavy atom. The number of nitrogens with zero attached hydrogens (tertiary/aromatic N) is 2. The van der Waals surface area contributed by atoms with E-state index < -0.39 is 0 Å². The third kappa shape index (κ3) is 3.10. The standard InChI is InChI=1S/C15H17N3O/c1-3-19-9-6-13-10-14(11(2)18-15(13)16)12-4-7-17-8-5-12/h4-10H,3H2,1-2H3,(H2,16,18)/b9-6+. The molecule has 0 fully saturated rings. The Morgan fingerprint density at radius 3 is 2.74 bits per heavy atom. The Kier molecular flexibility index (Phi) is 4.13. The van der Waals surface area contributed by atoms with Gasteiger partial charge in [0.1, 0.15) is 5.82 Å². The lowest BCUT2D eigenvalue weighted by Crippen LogP contribution is -1.98. The number of aryl methyl sites for hydroxylation is 1. The summed E-state index contributed by atoms with van der Waals surface area (Å²) in [5, 5.41) is 0. The van der Waals surface area contributed by atoms with E-state index >= 15 is 0 Å². The molecular weight excluding hydrogens is 238 g/mol. The first-order valence-corrected chi connectivity index (χ1v) is 6.18. The number of hydrogen-bond acceptors (Lipinski definition) is 4. The van der Waals surface area contributed by atoms with Crippen molar-refractivity contribution in [2.45, 2.75) is 13.8 Å². The summed E-state index contributed by atoms with van der Waals surface area (Å²) in [6.45, 7) is 4.51. The Labute approximate surface area is 113 Å². The molecule has 4 nitrogen and oxygen atoms in total. The molecule has 2 heterocycles. The topological polar surface area (TPSA) is 61.0 Å². The number of aromatic nitrogens is 2. The first kappa shape index (κ1) is 13.1. The fraction of sp³-hybridized carbons (Fsp3) is 0.200. The molecule has 0 spiro atoms. The molecule has 19 heavy (non-hydrogen) atoms. The van der Waals surface area contributed by atoms with Crippen LogP contribution in [0.4, 0.5) is 5.82 Å². The molecule has 2 aromatic heterocycles. The van der Waals surface area contributed by atoms with Gasteiger partial charge in [0.2, 0.25) is 0 Å². The zero-order valence-corrected chi connectivity index (χ0v) is 11.1. The van der Waals surface area contributed by atoms with Crippen LogP contribution in [0.3, 0.4) is 0 Å². The molecule has 0 radical (unpaired) electrons. The molecule has 0 aromatic carbocycles. The number of hydrogen-bond donors (Lipinski definition) is 1. The van der Waals surface area contributed by atoms with Crippen molar-refractivity contribution in [3.05, 3.63) is 48.1 Å². The van der Waals surface area contributed by atoms with Crippen molar-refractivity contribution in [3.8, 4) is 11.1 Å². The maximum atomic E-state index is 5.92. The Hall–Kier alpha value is -2.36. The minimum atomic E-state index is 0.506. The second-order valence-electron chi connectivity index (χ2n) is 4.09. The van der Waals surface area contributed by atoms with Gasteiger partial charge in [0.05, 0.1) is 12.9 Å². The highest BCUT2D eigenvalue weighted by atomic mass is 16.5. The second-order valence-corrected chi connectivity index (χ2v) is 4.09. The van der Waals surface area contributed by atoms with Gasteiger partial charge in [-0.05, 0) is 43.7 Å². The minimum Gasteiger partial charge on any atom is -0.501 e. The van der Waals surface area contributed by atoms with E-state index in [1.807, 2.05) is 38.1 Å². The van der Waals surface area contributed by atoms with Crippen LogP contribution in [0.2, 0.25) is 0 Å². The molecule has 0 aliphatic carbocycles. The maximum absolute atomic E-state index is 5.92. The molecule has 0 aliphatic heterocycles. The van der Waals surface area contributed by atoms with Gasteiger partial charge < -0.3 is 10.5 Å². The van der Waals surface area contributed by atoms with Crippen LogP contribution >= 0.6 is 0 Å².